The normalized spacial score (nSPS) is 15.4. The number of nitrogens with zero attached hydrogens (tertiary/aromatic N) is 3. The van der Waals surface area contributed by atoms with Gasteiger partial charge < -0.3 is 15.2 Å². The molecule has 3 heterocycles. The Balaban J connectivity index is 1.42. The van der Waals surface area contributed by atoms with E-state index in [1.807, 2.05) is 39.0 Å². The van der Waals surface area contributed by atoms with Crippen molar-refractivity contribution in [2.75, 3.05) is 5.32 Å². The lowest BCUT2D eigenvalue weighted by atomic mass is 10.2. The number of aliphatic hydroxyl groups is 1. The van der Waals surface area contributed by atoms with Gasteiger partial charge in [-0.05, 0) is 45.7 Å². The van der Waals surface area contributed by atoms with Crippen molar-refractivity contribution >= 4 is 34.6 Å². The fourth-order valence-corrected chi connectivity index (χ4v) is 3.89. The first-order valence-electron chi connectivity index (χ1n) is 9.80. The van der Waals surface area contributed by atoms with Crippen LogP contribution in [0.15, 0.2) is 24.4 Å². The molecule has 30 heavy (non-hydrogen) atoms. The van der Waals surface area contributed by atoms with Gasteiger partial charge in [0, 0.05) is 29.1 Å². The number of hydrogen-bond acceptors (Lipinski definition) is 8. The van der Waals surface area contributed by atoms with E-state index < -0.39 is 12.0 Å². The SMILES string of the molecule is CC(C)(C)OC(O)NCc1ccc(-c2ncc(Cl)c(Nc3cc(C4CC4)[nH]n3)n2)s1. The molecular formula is C20H25ClN6O2S. The number of aliphatic hydroxyl groups excluding tert-OH is 1. The molecule has 1 unspecified atom stereocenters. The lowest BCUT2D eigenvalue weighted by molar-refractivity contribution is -0.182. The molecule has 1 atom stereocenters. The van der Waals surface area contributed by atoms with Crippen LogP contribution < -0.4 is 10.6 Å². The molecule has 0 bridgehead atoms. The first-order valence-corrected chi connectivity index (χ1v) is 11.0. The molecule has 0 amide bonds. The van der Waals surface area contributed by atoms with Crippen molar-refractivity contribution in [3.63, 3.8) is 0 Å². The minimum absolute atomic E-state index is 0.426. The van der Waals surface area contributed by atoms with Crippen LogP contribution in [0.1, 0.15) is 50.1 Å². The van der Waals surface area contributed by atoms with Crippen molar-refractivity contribution in [3.8, 4) is 10.7 Å². The Labute approximate surface area is 184 Å². The molecule has 160 valence electrons. The Morgan fingerprint density at radius 3 is 2.90 bits per heavy atom. The number of aromatic nitrogens is 4. The smallest absolute Gasteiger partial charge is 0.214 e. The molecule has 1 saturated carbocycles. The summed E-state index contributed by atoms with van der Waals surface area (Å²) in [5, 5.41) is 23.8. The fourth-order valence-electron chi connectivity index (χ4n) is 2.86. The molecule has 4 N–H and O–H groups in total. The number of aromatic amines is 1. The molecule has 1 aliphatic carbocycles. The third-order valence-corrected chi connectivity index (χ3v) is 5.76. The molecule has 10 heteroatoms. The van der Waals surface area contributed by atoms with Crippen molar-refractivity contribution in [1.82, 2.24) is 25.5 Å². The van der Waals surface area contributed by atoms with E-state index in [2.05, 4.69) is 30.8 Å². The first-order chi connectivity index (χ1) is 14.3. The topological polar surface area (TPSA) is 108 Å². The molecule has 3 aromatic heterocycles. The van der Waals surface area contributed by atoms with Crippen molar-refractivity contribution < 1.29 is 9.84 Å². The van der Waals surface area contributed by atoms with E-state index in [0.717, 1.165) is 15.4 Å². The molecular weight excluding hydrogens is 424 g/mol. The minimum atomic E-state index is -1.03. The van der Waals surface area contributed by atoms with Gasteiger partial charge >= 0.3 is 0 Å². The van der Waals surface area contributed by atoms with Gasteiger partial charge in [-0.25, -0.2) is 9.97 Å². The molecule has 0 saturated heterocycles. The molecule has 0 radical (unpaired) electrons. The van der Waals surface area contributed by atoms with E-state index in [1.165, 1.54) is 24.2 Å². The van der Waals surface area contributed by atoms with Gasteiger partial charge in [0.25, 0.3) is 0 Å². The highest BCUT2D eigenvalue weighted by molar-refractivity contribution is 7.15. The van der Waals surface area contributed by atoms with Crippen LogP contribution in [0.4, 0.5) is 11.6 Å². The summed E-state index contributed by atoms with van der Waals surface area (Å²) >= 11 is 7.82. The maximum Gasteiger partial charge on any atom is 0.214 e. The zero-order valence-electron chi connectivity index (χ0n) is 17.1. The van der Waals surface area contributed by atoms with E-state index >= 15 is 0 Å². The van der Waals surface area contributed by atoms with Gasteiger partial charge in [0.1, 0.15) is 5.02 Å². The summed E-state index contributed by atoms with van der Waals surface area (Å²) in [5.41, 5.74) is 0.706. The Morgan fingerprint density at radius 1 is 1.37 bits per heavy atom. The average Bonchev–Trinajstić information content (AvgIpc) is 3.22. The molecule has 4 rings (SSSR count). The minimum Gasteiger partial charge on any atom is -0.356 e. The van der Waals surface area contributed by atoms with E-state index in [0.29, 0.717) is 34.9 Å². The van der Waals surface area contributed by atoms with Gasteiger partial charge in [0.15, 0.2) is 17.5 Å². The van der Waals surface area contributed by atoms with Gasteiger partial charge in [-0.3, -0.25) is 10.4 Å². The van der Waals surface area contributed by atoms with Crippen LogP contribution in [-0.4, -0.2) is 37.3 Å². The second kappa shape index (κ2) is 8.60. The summed E-state index contributed by atoms with van der Waals surface area (Å²) in [6.45, 7) is 6.14. The Bertz CT molecular complexity index is 1010. The number of nitrogens with one attached hydrogen (secondary N) is 3. The second-order valence-electron chi connectivity index (χ2n) is 8.23. The van der Waals surface area contributed by atoms with Crippen molar-refractivity contribution in [1.29, 1.82) is 0 Å². The summed E-state index contributed by atoms with van der Waals surface area (Å²) < 4.78 is 5.45. The third-order valence-electron chi connectivity index (χ3n) is 4.40. The second-order valence-corrected chi connectivity index (χ2v) is 9.80. The lowest BCUT2D eigenvalue weighted by Gasteiger charge is -2.24. The van der Waals surface area contributed by atoms with Crippen LogP contribution in [-0.2, 0) is 11.3 Å². The summed E-state index contributed by atoms with van der Waals surface area (Å²) in [6, 6.07) is 5.92. The van der Waals surface area contributed by atoms with Gasteiger partial charge in [-0.1, -0.05) is 11.6 Å². The number of hydrogen-bond donors (Lipinski definition) is 4. The number of halogens is 1. The average molecular weight is 449 g/mol. The largest absolute Gasteiger partial charge is 0.356 e. The summed E-state index contributed by atoms with van der Waals surface area (Å²) in [5.74, 6) is 2.36. The van der Waals surface area contributed by atoms with E-state index in [9.17, 15) is 5.11 Å². The Kier molecular flexibility index (Phi) is 6.08. The van der Waals surface area contributed by atoms with Crippen molar-refractivity contribution in [3.05, 3.63) is 40.0 Å². The predicted molar refractivity (Wildman–Crippen MR) is 118 cm³/mol. The quantitative estimate of drug-likeness (QED) is 0.378. The van der Waals surface area contributed by atoms with E-state index in [1.54, 1.807) is 6.20 Å². The third kappa shape index (κ3) is 5.55. The summed E-state index contributed by atoms with van der Waals surface area (Å²) in [4.78, 5) is 10.9. The molecule has 3 aromatic rings. The molecule has 1 fully saturated rings. The monoisotopic (exact) mass is 448 g/mol. The summed E-state index contributed by atoms with van der Waals surface area (Å²) in [7, 11) is 0. The number of H-pyrrole nitrogens is 1. The molecule has 0 aromatic carbocycles. The summed E-state index contributed by atoms with van der Waals surface area (Å²) in [6.07, 6.45) is 2.95. The van der Waals surface area contributed by atoms with Gasteiger partial charge in [0.05, 0.1) is 16.7 Å². The first kappa shape index (κ1) is 21.2. The lowest BCUT2D eigenvalue weighted by Crippen LogP contribution is -2.37. The maximum atomic E-state index is 9.93. The van der Waals surface area contributed by atoms with Crippen molar-refractivity contribution in [2.45, 2.75) is 58.1 Å². The van der Waals surface area contributed by atoms with Crippen LogP contribution in [0.25, 0.3) is 10.7 Å². The standard InChI is InChI=1S/C20H25ClN6O2S/c1-20(2,3)29-19(28)23-9-12-6-7-15(30-12)18-22-10-13(21)17(25-18)24-16-8-14(26-27-16)11-4-5-11/h6-8,10-11,19,23,28H,4-5,9H2,1-3H3,(H2,22,24,25,26,27). The Morgan fingerprint density at radius 2 is 2.17 bits per heavy atom. The van der Waals surface area contributed by atoms with E-state index in [-0.39, 0.29) is 0 Å². The zero-order chi connectivity index (χ0) is 21.3. The number of ether oxygens (including phenoxy) is 1. The molecule has 0 aliphatic heterocycles. The highest BCUT2D eigenvalue weighted by atomic mass is 35.5. The number of thiophene rings is 1. The maximum absolute atomic E-state index is 9.93. The molecule has 1 aliphatic rings. The number of anilines is 2. The van der Waals surface area contributed by atoms with Gasteiger partial charge in [-0.2, -0.15) is 5.10 Å². The predicted octanol–water partition coefficient (Wildman–Crippen LogP) is 4.38. The van der Waals surface area contributed by atoms with Crippen LogP contribution in [0.3, 0.4) is 0 Å². The molecule has 8 nitrogen and oxygen atoms in total. The van der Waals surface area contributed by atoms with Crippen LogP contribution in [0.5, 0.6) is 0 Å². The van der Waals surface area contributed by atoms with Crippen molar-refractivity contribution in [2.24, 2.45) is 0 Å². The van der Waals surface area contributed by atoms with Gasteiger partial charge in [-0.15, -0.1) is 11.3 Å². The van der Waals surface area contributed by atoms with Crippen LogP contribution >= 0.6 is 22.9 Å². The van der Waals surface area contributed by atoms with Crippen LogP contribution in [0.2, 0.25) is 5.02 Å². The highest BCUT2D eigenvalue weighted by Crippen LogP contribution is 2.40. The van der Waals surface area contributed by atoms with Gasteiger partial charge in [0.2, 0.25) is 6.41 Å². The fraction of sp³-hybridized carbons (Fsp3) is 0.450. The highest BCUT2D eigenvalue weighted by Gasteiger charge is 2.25. The Hall–Kier alpha value is -2.04. The number of rotatable bonds is 8. The molecule has 0 spiro atoms. The van der Waals surface area contributed by atoms with Crippen LogP contribution in [0, 0.1) is 0 Å². The zero-order valence-corrected chi connectivity index (χ0v) is 18.6. The van der Waals surface area contributed by atoms with E-state index in [4.69, 9.17) is 16.3 Å².